The Labute approximate surface area is 176 Å². The van der Waals surface area contributed by atoms with Crippen LogP contribution in [0.5, 0.6) is 0 Å². The van der Waals surface area contributed by atoms with E-state index < -0.39 is 0 Å². The van der Waals surface area contributed by atoms with E-state index in [0.29, 0.717) is 39.2 Å². The zero-order valence-electron chi connectivity index (χ0n) is 14.8. The molecule has 0 bridgehead atoms. The van der Waals surface area contributed by atoms with Gasteiger partial charge in [0.15, 0.2) is 5.16 Å². The molecule has 0 radical (unpaired) electrons. The van der Waals surface area contributed by atoms with Crippen LogP contribution in [0.4, 0.5) is 0 Å². The highest BCUT2D eigenvalue weighted by molar-refractivity contribution is 7.99. The van der Waals surface area contributed by atoms with E-state index in [2.05, 4.69) is 16.9 Å². The summed E-state index contributed by atoms with van der Waals surface area (Å²) in [5, 5.41) is 4.86. The van der Waals surface area contributed by atoms with Gasteiger partial charge in [-0.25, -0.2) is 4.98 Å². The molecule has 0 atom stereocenters. The molecule has 1 heterocycles. The number of halogens is 2. The molecule has 0 aliphatic heterocycles. The van der Waals surface area contributed by atoms with Crippen LogP contribution in [-0.4, -0.2) is 21.2 Å². The molecule has 1 aromatic heterocycles. The van der Waals surface area contributed by atoms with E-state index in [1.54, 1.807) is 36.4 Å². The van der Waals surface area contributed by atoms with Gasteiger partial charge >= 0.3 is 0 Å². The fourth-order valence-corrected chi connectivity index (χ4v) is 3.69. The predicted molar refractivity (Wildman–Crippen MR) is 115 cm³/mol. The lowest BCUT2D eigenvalue weighted by molar-refractivity contribution is -0.118. The number of nitrogens with one attached hydrogen (secondary N) is 1. The summed E-state index contributed by atoms with van der Waals surface area (Å²) in [7, 11) is 0. The van der Waals surface area contributed by atoms with Crippen LogP contribution in [-0.2, 0) is 17.9 Å². The summed E-state index contributed by atoms with van der Waals surface area (Å²) >= 11 is 13.1. The number of aromatic nitrogens is 2. The minimum atomic E-state index is -0.212. The van der Waals surface area contributed by atoms with Crippen molar-refractivity contribution in [1.82, 2.24) is 14.9 Å². The summed E-state index contributed by atoms with van der Waals surface area (Å²) in [6, 6.07) is 12.2. The van der Waals surface area contributed by atoms with Gasteiger partial charge in [-0.3, -0.25) is 14.2 Å². The van der Waals surface area contributed by atoms with Gasteiger partial charge in [-0.1, -0.05) is 53.2 Å². The van der Waals surface area contributed by atoms with Crippen molar-refractivity contribution in [3.8, 4) is 0 Å². The molecule has 5 nitrogen and oxygen atoms in total. The van der Waals surface area contributed by atoms with Gasteiger partial charge < -0.3 is 5.32 Å². The van der Waals surface area contributed by atoms with Crippen molar-refractivity contribution in [2.24, 2.45) is 0 Å². The maximum absolute atomic E-state index is 12.8. The van der Waals surface area contributed by atoms with Gasteiger partial charge in [-0.05, 0) is 35.9 Å². The number of allylic oxidation sites excluding steroid dienone is 1. The van der Waals surface area contributed by atoms with Crippen molar-refractivity contribution in [3.63, 3.8) is 0 Å². The van der Waals surface area contributed by atoms with Crippen molar-refractivity contribution >= 4 is 51.8 Å². The highest BCUT2D eigenvalue weighted by Gasteiger charge is 2.13. The van der Waals surface area contributed by atoms with E-state index in [4.69, 9.17) is 23.2 Å². The Kier molecular flexibility index (Phi) is 6.78. The van der Waals surface area contributed by atoms with Gasteiger partial charge in [0.1, 0.15) is 0 Å². The molecule has 3 rings (SSSR count). The molecule has 1 N–H and O–H groups in total. The molecule has 0 unspecified atom stereocenters. The number of carbonyl (C=O) groups is 1. The number of nitrogens with zero attached hydrogens (tertiary/aromatic N) is 2. The second-order valence-electron chi connectivity index (χ2n) is 5.95. The Hall–Kier alpha value is -2.28. The zero-order valence-corrected chi connectivity index (χ0v) is 17.2. The molecule has 0 fully saturated rings. The van der Waals surface area contributed by atoms with E-state index in [0.717, 1.165) is 5.56 Å². The van der Waals surface area contributed by atoms with Gasteiger partial charge in [0.05, 0.1) is 16.7 Å². The van der Waals surface area contributed by atoms with E-state index >= 15 is 0 Å². The molecule has 3 aromatic rings. The Morgan fingerprint density at radius 3 is 2.61 bits per heavy atom. The fraction of sp³-hybridized carbons (Fsp3) is 0.150. The number of hydrogen-bond acceptors (Lipinski definition) is 4. The topological polar surface area (TPSA) is 64.0 Å². The average Bonchev–Trinajstić information content (AvgIpc) is 2.69. The average molecular weight is 434 g/mol. The number of fused-ring (bicyclic) bond motifs is 1. The highest BCUT2D eigenvalue weighted by atomic mass is 35.5. The number of thioether (sulfide) groups is 1. The van der Waals surface area contributed by atoms with Crippen LogP contribution in [0, 0.1) is 0 Å². The minimum absolute atomic E-state index is 0.135. The van der Waals surface area contributed by atoms with Crippen LogP contribution in [0.3, 0.4) is 0 Å². The maximum atomic E-state index is 12.8. The van der Waals surface area contributed by atoms with Gasteiger partial charge in [-0.2, -0.15) is 0 Å². The first kappa shape index (κ1) is 20.5. The molecule has 8 heteroatoms. The number of carbonyl (C=O) groups excluding carboxylic acids is 1. The molecule has 1 amide bonds. The first-order valence-corrected chi connectivity index (χ1v) is 10.2. The van der Waals surface area contributed by atoms with Crippen LogP contribution in [0.2, 0.25) is 10.0 Å². The molecule has 144 valence electrons. The number of rotatable bonds is 7. The summed E-state index contributed by atoms with van der Waals surface area (Å²) < 4.78 is 1.49. The maximum Gasteiger partial charge on any atom is 0.262 e. The SMILES string of the molecule is C=CCn1c(SCC(=O)NCc2ccc(Cl)cc2)nc2ccc(Cl)cc2c1=O. The van der Waals surface area contributed by atoms with Gasteiger partial charge in [0.2, 0.25) is 5.91 Å². The summed E-state index contributed by atoms with van der Waals surface area (Å²) in [6.45, 7) is 4.39. The monoisotopic (exact) mass is 433 g/mol. The number of amides is 1. The van der Waals surface area contributed by atoms with Crippen molar-refractivity contribution < 1.29 is 4.79 Å². The van der Waals surface area contributed by atoms with Crippen molar-refractivity contribution in [2.45, 2.75) is 18.2 Å². The smallest absolute Gasteiger partial charge is 0.262 e. The molecule has 0 aliphatic carbocycles. The van der Waals surface area contributed by atoms with Crippen LogP contribution < -0.4 is 10.9 Å². The van der Waals surface area contributed by atoms with Crippen LogP contribution in [0.25, 0.3) is 10.9 Å². The fourth-order valence-electron chi connectivity index (χ4n) is 2.56. The predicted octanol–water partition coefficient (Wildman–Crippen LogP) is 4.30. The standard InChI is InChI=1S/C20H17Cl2N3O2S/c1-2-9-25-19(27)16-10-15(22)7-8-17(16)24-20(25)28-12-18(26)23-11-13-3-5-14(21)6-4-13/h2-8,10H,1,9,11-12H2,(H,23,26). The van der Waals surface area contributed by atoms with E-state index in [1.807, 2.05) is 12.1 Å². The van der Waals surface area contributed by atoms with Crippen LogP contribution >= 0.6 is 35.0 Å². The highest BCUT2D eigenvalue weighted by Crippen LogP contribution is 2.20. The second kappa shape index (κ2) is 9.28. The van der Waals surface area contributed by atoms with Crippen molar-refractivity contribution in [3.05, 3.63) is 81.1 Å². The minimum Gasteiger partial charge on any atom is -0.351 e. The normalized spacial score (nSPS) is 10.8. The Morgan fingerprint density at radius 2 is 1.89 bits per heavy atom. The Morgan fingerprint density at radius 1 is 1.18 bits per heavy atom. The van der Waals surface area contributed by atoms with Gasteiger partial charge in [0.25, 0.3) is 5.56 Å². The van der Waals surface area contributed by atoms with Crippen molar-refractivity contribution in [1.29, 1.82) is 0 Å². The molecule has 28 heavy (non-hydrogen) atoms. The molecule has 2 aromatic carbocycles. The number of benzene rings is 2. The largest absolute Gasteiger partial charge is 0.351 e. The summed E-state index contributed by atoms with van der Waals surface area (Å²) in [4.78, 5) is 29.5. The van der Waals surface area contributed by atoms with Crippen molar-refractivity contribution in [2.75, 3.05) is 5.75 Å². The summed E-state index contributed by atoms with van der Waals surface area (Å²) in [5.74, 6) is -0.0217. The van der Waals surface area contributed by atoms with E-state index in [-0.39, 0.29) is 17.2 Å². The molecule has 0 saturated heterocycles. The van der Waals surface area contributed by atoms with Crippen LogP contribution in [0.1, 0.15) is 5.56 Å². The third kappa shape index (κ3) is 4.95. The molecule has 0 aliphatic rings. The first-order chi connectivity index (χ1) is 13.5. The lowest BCUT2D eigenvalue weighted by Crippen LogP contribution is -2.26. The van der Waals surface area contributed by atoms with E-state index in [1.165, 1.54) is 16.3 Å². The molecule has 0 saturated carbocycles. The summed E-state index contributed by atoms with van der Waals surface area (Å²) in [6.07, 6.45) is 1.62. The lowest BCUT2D eigenvalue weighted by Gasteiger charge is -2.11. The molecular weight excluding hydrogens is 417 g/mol. The molecular formula is C20H17Cl2N3O2S. The second-order valence-corrected chi connectivity index (χ2v) is 7.77. The number of hydrogen-bond donors (Lipinski definition) is 1. The third-order valence-electron chi connectivity index (χ3n) is 3.93. The lowest BCUT2D eigenvalue weighted by atomic mass is 10.2. The first-order valence-electron chi connectivity index (χ1n) is 8.43. The van der Waals surface area contributed by atoms with E-state index in [9.17, 15) is 9.59 Å². The Bertz CT molecular complexity index is 1080. The van der Waals surface area contributed by atoms with Crippen LogP contribution in [0.15, 0.2) is 65.1 Å². The zero-order chi connectivity index (χ0) is 20.1. The quantitative estimate of drug-likeness (QED) is 0.342. The van der Waals surface area contributed by atoms with Gasteiger partial charge in [-0.15, -0.1) is 6.58 Å². The van der Waals surface area contributed by atoms with Gasteiger partial charge in [0, 0.05) is 23.1 Å². The summed E-state index contributed by atoms with van der Waals surface area (Å²) in [5.41, 5.74) is 1.28. The third-order valence-corrected chi connectivity index (χ3v) is 5.39. The molecule has 0 spiro atoms. The Balaban J connectivity index is 1.73.